The fourth-order valence-corrected chi connectivity index (χ4v) is 5.06. The number of likely N-dealkylation sites (tertiary alicyclic amines) is 1. The predicted octanol–water partition coefficient (Wildman–Crippen LogP) is 4.93. The molecule has 0 spiro atoms. The number of phenols is 1. The summed E-state index contributed by atoms with van der Waals surface area (Å²) < 4.78 is 6.06. The van der Waals surface area contributed by atoms with Crippen molar-refractivity contribution < 1.29 is 9.84 Å². The van der Waals surface area contributed by atoms with E-state index in [1.165, 1.54) is 37.9 Å². The first kappa shape index (κ1) is 22.2. The van der Waals surface area contributed by atoms with Crippen LogP contribution < -0.4 is 10.1 Å². The van der Waals surface area contributed by atoms with Crippen LogP contribution in [0, 0.1) is 5.92 Å². The van der Waals surface area contributed by atoms with E-state index >= 15 is 0 Å². The quantitative estimate of drug-likeness (QED) is 0.513. The molecule has 33 heavy (non-hydrogen) atoms. The zero-order chi connectivity index (χ0) is 22.8. The molecular formula is C27H35N4O2. The Morgan fingerprint density at radius 2 is 1.97 bits per heavy atom. The number of ether oxygens (including phenoxy) is 1. The average Bonchev–Trinajstić information content (AvgIpc) is 3.41. The van der Waals surface area contributed by atoms with Crippen molar-refractivity contribution in [3.63, 3.8) is 0 Å². The molecule has 0 bridgehead atoms. The molecule has 1 unspecified atom stereocenters. The highest BCUT2D eigenvalue weighted by Gasteiger charge is 2.28. The monoisotopic (exact) mass is 447 g/mol. The van der Waals surface area contributed by atoms with Gasteiger partial charge in [-0.1, -0.05) is 26.3 Å². The summed E-state index contributed by atoms with van der Waals surface area (Å²) in [6, 6.07) is 10.0. The van der Waals surface area contributed by atoms with E-state index in [4.69, 9.17) is 10.1 Å². The number of piperidine rings is 1. The van der Waals surface area contributed by atoms with Crippen molar-refractivity contribution in [2.75, 3.05) is 26.2 Å². The molecule has 0 saturated carbocycles. The van der Waals surface area contributed by atoms with Gasteiger partial charge in [-0.15, -0.1) is 0 Å². The lowest BCUT2D eigenvalue weighted by Crippen LogP contribution is -2.33. The molecule has 6 heteroatoms. The molecule has 1 aromatic heterocycles. The second kappa shape index (κ2) is 9.74. The van der Waals surface area contributed by atoms with Gasteiger partial charge < -0.3 is 9.84 Å². The smallest absolute Gasteiger partial charge is 0.122 e. The molecule has 2 aliphatic heterocycles. The number of aryl methyl sites for hydroxylation is 1. The van der Waals surface area contributed by atoms with Gasteiger partial charge in [-0.3, -0.25) is 10.00 Å². The fourth-order valence-electron chi connectivity index (χ4n) is 5.06. The van der Waals surface area contributed by atoms with Gasteiger partial charge in [0.15, 0.2) is 0 Å². The number of aromatic amines is 1. The van der Waals surface area contributed by atoms with E-state index in [1.807, 2.05) is 6.07 Å². The molecule has 3 aromatic rings. The molecule has 2 aliphatic rings. The van der Waals surface area contributed by atoms with Crippen LogP contribution in [0.25, 0.3) is 10.9 Å². The fraction of sp³-hybridized carbons (Fsp3) is 0.519. The van der Waals surface area contributed by atoms with Crippen molar-refractivity contribution in [2.45, 2.75) is 58.5 Å². The minimum Gasteiger partial charge on any atom is -0.508 e. The Bertz CT molecular complexity index is 1100. The molecular weight excluding hydrogens is 412 g/mol. The van der Waals surface area contributed by atoms with E-state index < -0.39 is 0 Å². The molecule has 5 rings (SSSR count). The van der Waals surface area contributed by atoms with Crippen LogP contribution in [0.4, 0.5) is 0 Å². The van der Waals surface area contributed by atoms with Crippen LogP contribution in [0.15, 0.2) is 30.3 Å². The van der Waals surface area contributed by atoms with Crippen LogP contribution in [-0.4, -0.2) is 46.4 Å². The normalized spacial score (nSPS) is 18.8. The van der Waals surface area contributed by atoms with Gasteiger partial charge in [0.1, 0.15) is 18.1 Å². The van der Waals surface area contributed by atoms with Gasteiger partial charge in [0.2, 0.25) is 0 Å². The summed E-state index contributed by atoms with van der Waals surface area (Å²) in [4.78, 5) is 2.49. The van der Waals surface area contributed by atoms with Crippen molar-refractivity contribution in [3.8, 4) is 11.5 Å². The van der Waals surface area contributed by atoms with E-state index in [1.54, 1.807) is 6.07 Å². The Labute approximate surface area is 196 Å². The van der Waals surface area contributed by atoms with Crippen molar-refractivity contribution >= 4 is 10.9 Å². The second-order valence-electron chi connectivity index (χ2n) is 9.91. The zero-order valence-electron chi connectivity index (χ0n) is 19.8. The Hall–Kier alpha value is -2.57. The number of rotatable bonds is 8. The number of aromatic nitrogens is 2. The number of aromatic hydroxyl groups is 1. The first-order valence-electron chi connectivity index (χ1n) is 12.4. The molecule has 6 nitrogen and oxygen atoms in total. The number of nitrogens with one attached hydrogen (secondary N) is 1. The molecule has 2 aromatic carbocycles. The first-order chi connectivity index (χ1) is 16.1. The predicted molar refractivity (Wildman–Crippen MR) is 131 cm³/mol. The van der Waals surface area contributed by atoms with E-state index in [0.29, 0.717) is 12.5 Å². The molecule has 1 radical (unpaired) electrons. The maximum absolute atomic E-state index is 10.8. The topological polar surface area (TPSA) is 75.5 Å². The van der Waals surface area contributed by atoms with Gasteiger partial charge >= 0.3 is 0 Å². The number of H-pyrrole nitrogens is 1. The van der Waals surface area contributed by atoms with Gasteiger partial charge in [0, 0.05) is 30.1 Å². The van der Waals surface area contributed by atoms with E-state index in [2.05, 4.69) is 47.1 Å². The summed E-state index contributed by atoms with van der Waals surface area (Å²) in [7, 11) is 0. The minimum absolute atomic E-state index is 0.153. The van der Waals surface area contributed by atoms with Crippen LogP contribution in [-0.2, 0) is 13.0 Å². The number of phenolic OH excluding ortho intramolecular Hbond substituents is 1. The second-order valence-corrected chi connectivity index (χ2v) is 9.91. The number of nitrogens with zero attached hydrogens (tertiary/aromatic N) is 3. The SMILES string of the molecule is CC(C)CCc1n[nH]c2cc(O)c(C3[N]Cc4cc(OCCN5CCCCC5)ccc43)cc12. The number of fused-ring (bicyclic) bond motifs is 2. The van der Waals surface area contributed by atoms with Crippen molar-refractivity contribution in [1.82, 2.24) is 20.4 Å². The molecule has 3 heterocycles. The van der Waals surface area contributed by atoms with Crippen molar-refractivity contribution in [3.05, 3.63) is 52.7 Å². The lowest BCUT2D eigenvalue weighted by Gasteiger charge is -2.26. The minimum atomic E-state index is -0.153. The summed E-state index contributed by atoms with van der Waals surface area (Å²) in [6.07, 6.45) is 5.98. The van der Waals surface area contributed by atoms with E-state index in [0.717, 1.165) is 59.5 Å². The lowest BCUT2D eigenvalue weighted by molar-refractivity contribution is 0.183. The average molecular weight is 448 g/mol. The highest BCUT2D eigenvalue weighted by molar-refractivity contribution is 5.84. The van der Waals surface area contributed by atoms with Crippen LogP contribution in [0.1, 0.15) is 68.0 Å². The molecule has 0 aliphatic carbocycles. The molecule has 175 valence electrons. The van der Waals surface area contributed by atoms with Gasteiger partial charge in [-0.25, -0.2) is 5.32 Å². The van der Waals surface area contributed by atoms with Gasteiger partial charge in [0.25, 0.3) is 0 Å². The van der Waals surface area contributed by atoms with Crippen LogP contribution in [0.2, 0.25) is 0 Å². The molecule has 1 atom stereocenters. The maximum Gasteiger partial charge on any atom is 0.122 e. The summed E-state index contributed by atoms with van der Waals surface area (Å²) in [5.74, 6) is 1.80. The van der Waals surface area contributed by atoms with Crippen LogP contribution >= 0.6 is 0 Å². The number of benzene rings is 2. The summed E-state index contributed by atoms with van der Waals surface area (Å²) in [5, 5.41) is 24.3. The Morgan fingerprint density at radius 1 is 1.12 bits per heavy atom. The Balaban J connectivity index is 1.31. The zero-order valence-corrected chi connectivity index (χ0v) is 19.8. The van der Waals surface area contributed by atoms with E-state index in [9.17, 15) is 5.11 Å². The maximum atomic E-state index is 10.8. The summed E-state index contributed by atoms with van der Waals surface area (Å²) in [5.41, 5.74) is 5.14. The highest BCUT2D eigenvalue weighted by Crippen LogP contribution is 2.40. The third-order valence-corrected chi connectivity index (χ3v) is 7.02. The molecule has 1 fully saturated rings. The summed E-state index contributed by atoms with van der Waals surface area (Å²) in [6.45, 7) is 9.19. The number of hydrogen-bond acceptors (Lipinski definition) is 4. The van der Waals surface area contributed by atoms with Gasteiger partial charge in [-0.2, -0.15) is 5.10 Å². The molecule has 1 saturated heterocycles. The molecule has 2 N–H and O–H groups in total. The highest BCUT2D eigenvalue weighted by atomic mass is 16.5. The van der Waals surface area contributed by atoms with E-state index in [-0.39, 0.29) is 11.8 Å². The lowest BCUT2D eigenvalue weighted by atomic mass is 9.95. The van der Waals surface area contributed by atoms with Crippen molar-refractivity contribution in [1.29, 1.82) is 0 Å². The standard InChI is InChI=1S/C27H35N4O2/c1-18(2)6-9-24-22-15-23(26(32)16-25(22)30-29-24)27-21-8-7-20(14-19(21)17-28-27)33-13-12-31-10-4-3-5-11-31/h7-8,14-16,18,27,32H,3-6,9-13,17H2,1-2H3,(H,29,30). The third kappa shape index (κ3) is 4.87. The Morgan fingerprint density at radius 3 is 2.79 bits per heavy atom. The molecule has 0 amide bonds. The third-order valence-electron chi connectivity index (χ3n) is 7.02. The number of hydrogen-bond donors (Lipinski definition) is 2. The Kier molecular flexibility index (Phi) is 6.56. The van der Waals surface area contributed by atoms with Crippen molar-refractivity contribution in [2.24, 2.45) is 5.92 Å². The van der Waals surface area contributed by atoms with Crippen LogP contribution in [0.3, 0.4) is 0 Å². The van der Waals surface area contributed by atoms with Crippen LogP contribution in [0.5, 0.6) is 11.5 Å². The summed E-state index contributed by atoms with van der Waals surface area (Å²) >= 11 is 0. The van der Waals surface area contributed by atoms with Gasteiger partial charge in [0.05, 0.1) is 17.3 Å². The van der Waals surface area contributed by atoms with Gasteiger partial charge in [-0.05, 0) is 74.0 Å². The largest absolute Gasteiger partial charge is 0.508 e. The first-order valence-corrected chi connectivity index (χ1v) is 12.4.